The molecule has 1 aromatic heterocycles. The number of rotatable bonds is 7. The highest BCUT2D eigenvalue weighted by molar-refractivity contribution is 7.03. The molecule has 6 heteroatoms. The smallest absolute Gasteiger partial charge is 0.137 e. The van der Waals surface area contributed by atoms with Gasteiger partial charge in [0.15, 0.2) is 0 Å². The maximum Gasteiger partial charge on any atom is 0.137 e. The molecule has 5 nitrogen and oxygen atoms in total. The lowest BCUT2D eigenvalue weighted by molar-refractivity contribution is -0.700. The maximum absolute atomic E-state index is 10.3. The molecule has 0 radical (unpaired) electrons. The molecule has 1 aliphatic rings. The number of aliphatic hydroxyl groups excluding tert-OH is 1. The van der Waals surface area contributed by atoms with E-state index in [1.54, 1.807) is 0 Å². The van der Waals surface area contributed by atoms with Crippen LogP contribution in [0.15, 0.2) is 53.9 Å². The number of fused-ring (bicyclic) bond motifs is 1. The van der Waals surface area contributed by atoms with E-state index in [0.717, 1.165) is 29.8 Å². The minimum Gasteiger partial charge on any atom is -0.491 e. The molecule has 2 aromatic carbocycles. The Kier molecular flexibility index (Phi) is 5.24. The van der Waals surface area contributed by atoms with Crippen LogP contribution < -0.4 is 10.1 Å². The van der Waals surface area contributed by atoms with Gasteiger partial charge in [-0.05, 0) is 47.8 Å². The van der Waals surface area contributed by atoms with Crippen molar-refractivity contribution in [1.29, 1.82) is 0 Å². The summed E-state index contributed by atoms with van der Waals surface area (Å²) in [5, 5.41) is 18.5. The third-order valence-corrected chi connectivity index (χ3v) is 5.33. The highest BCUT2D eigenvalue weighted by atomic mass is 32.1. The molecule has 134 valence electrons. The Bertz CT molecular complexity index is 837. The van der Waals surface area contributed by atoms with E-state index in [1.165, 1.54) is 22.7 Å². The van der Waals surface area contributed by atoms with Crippen LogP contribution in [0.1, 0.15) is 23.6 Å². The van der Waals surface area contributed by atoms with E-state index in [2.05, 4.69) is 39.2 Å². The Morgan fingerprint density at radius 3 is 2.85 bits per heavy atom. The zero-order chi connectivity index (χ0) is 17.8. The fraction of sp³-hybridized carbons (Fsp3) is 0.300. The third-order valence-electron chi connectivity index (χ3n) is 4.82. The Hall–Kier alpha value is -2.28. The molecule has 0 saturated heterocycles. The molecule has 0 unspecified atom stereocenters. The summed E-state index contributed by atoms with van der Waals surface area (Å²) in [5.74, 6) is 0.752. The molecule has 4 rings (SSSR count). The second kappa shape index (κ2) is 7.95. The first-order valence-corrected chi connectivity index (χ1v) is 9.73. The average molecular weight is 368 g/mol. The van der Waals surface area contributed by atoms with Crippen LogP contribution in [0.25, 0.3) is 11.3 Å². The topological polar surface area (TPSA) is 71.9 Å². The first kappa shape index (κ1) is 17.1. The second-order valence-electron chi connectivity index (χ2n) is 6.59. The zero-order valence-electron chi connectivity index (χ0n) is 14.4. The number of ether oxygens (including phenoxy) is 1. The summed E-state index contributed by atoms with van der Waals surface area (Å²) in [7, 11) is 0. The van der Waals surface area contributed by atoms with Gasteiger partial charge < -0.3 is 15.2 Å². The largest absolute Gasteiger partial charge is 0.491 e. The standard InChI is InChI=1S/C20H21N3O2S/c24-16(11-21-19-10-7-14-3-1-2-4-18(14)19)12-25-17-8-5-15(6-9-17)20-13-26-23-22-20/h1-6,8-9,13,16,19,21,24H,7,10-12H2/p+1/t16-,19+/m1/s1. The molecule has 26 heavy (non-hydrogen) atoms. The van der Waals surface area contributed by atoms with Crippen LogP contribution in [0, 0.1) is 0 Å². The number of aliphatic hydroxyl groups is 1. The van der Waals surface area contributed by atoms with Gasteiger partial charge in [-0.25, -0.2) is 0 Å². The molecular weight excluding hydrogens is 346 g/mol. The Morgan fingerprint density at radius 1 is 1.19 bits per heavy atom. The number of hydrogen-bond acceptors (Lipinski definition) is 5. The predicted molar refractivity (Wildman–Crippen MR) is 101 cm³/mol. The number of nitrogens with zero attached hydrogens (tertiary/aromatic N) is 2. The van der Waals surface area contributed by atoms with E-state index in [-0.39, 0.29) is 0 Å². The van der Waals surface area contributed by atoms with Crippen molar-refractivity contribution in [3.8, 4) is 17.0 Å². The van der Waals surface area contributed by atoms with Gasteiger partial charge >= 0.3 is 0 Å². The summed E-state index contributed by atoms with van der Waals surface area (Å²) in [6, 6.07) is 16.8. The van der Waals surface area contributed by atoms with Crippen molar-refractivity contribution in [2.24, 2.45) is 0 Å². The Balaban J connectivity index is 1.25. The average Bonchev–Trinajstić information content (AvgIpc) is 3.35. The SMILES string of the molecule is O[C@H](C[NH2+][C@H]1CCc2ccccc21)COc1ccc(-c2csnn2)cc1. The fourth-order valence-electron chi connectivity index (χ4n) is 3.43. The lowest BCUT2D eigenvalue weighted by Crippen LogP contribution is -2.87. The van der Waals surface area contributed by atoms with Crippen molar-refractivity contribution in [2.75, 3.05) is 13.2 Å². The molecule has 1 aliphatic carbocycles. The Labute approximate surface area is 156 Å². The summed E-state index contributed by atoms with van der Waals surface area (Å²) >= 11 is 1.34. The molecule has 2 atom stereocenters. The van der Waals surface area contributed by atoms with Gasteiger partial charge in [0.1, 0.15) is 36.7 Å². The van der Waals surface area contributed by atoms with Crippen molar-refractivity contribution >= 4 is 11.5 Å². The highest BCUT2D eigenvalue weighted by Crippen LogP contribution is 2.27. The molecular formula is C20H22N3O2S+. The van der Waals surface area contributed by atoms with Gasteiger partial charge in [-0.3, -0.25) is 0 Å². The van der Waals surface area contributed by atoms with Crippen molar-refractivity contribution in [2.45, 2.75) is 25.0 Å². The fourth-order valence-corrected chi connectivity index (χ4v) is 3.89. The number of nitrogens with two attached hydrogens (primary N) is 1. The maximum atomic E-state index is 10.3. The first-order valence-electron chi connectivity index (χ1n) is 8.89. The van der Waals surface area contributed by atoms with Crippen LogP contribution in [-0.4, -0.2) is 33.9 Å². The van der Waals surface area contributed by atoms with Crippen LogP contribution in [0.2, 0.25) is 0 Å². The van der Waals surface area contributed by atoms with Gasteiger partial charge in [0.25, 0.3) is 0 Å². The minimum atomic E-state index is -0.495. The summed E-state index contributed by atoms with van der Waals surface area (Å²) in [6.45, 7) is 0.935. The van der Waals surface area contributed by atoms with Gasteiger partial charge in [-0.1, -0.05) is 28.8 Å². The number of hydrogen-bond donors (Lipinski definition) is 2. The Morgan fingerprint density at radius 2 is 2.04 bits per heavy atom. The molecule has 0 amide bonds. The van der Waals surface area contributed by atoms with Gasteiger partial charge in [0.05, 0.1) is 0 Å². The van der Waals surface area contributed by atoms with E-state index >= 15 is 0 Å². The summed E-state index contributed by atoms with van der Waals surface area (Å²) in [4.78, 5) is 0. The molecule has 0 saturated carbocycles. The first-order chi connectivity index (χ1) is 12.8. The third kappa shape index (κ3) is 3.93. The van der Waals surface area contributed by atoms with E-state index in [0.29, 0.717) is 19.2 Å². The van der Waals surface area contributed by atoms with Gasteiger partial charge in [0.2, 0.25) is 0 Å². The molecule has 0 bridgehead atoms. The number of aryl methyl sites for hydroxylation is 1. The van der Waals surface area contributed by atoms with Crippen LogP contribution in [0.4, 0.5) is 0 Å². The predicted octanol–water partition coefficient (Wildman–Crippen LogP) is 2.20. The summed E-state index contributed by atoms with van der Waals surface area (Å²) in [5.41, 5.74) is 4.73. The quantitative estimate of drug-likeness (QED) is 0.671. The van der Waals surface area contributed by atoms with Crippen LogP contribution >= 0.6 is 11.5 Å². The van der Waals surface area contributed by atoms with Crippen molar-refractivity contribution in [1.82, 2.24) is 9.59 Å². The molecule has 1 heterocycles. The van der Waals surface area contributed by atoms with Crippen LogP contribution in [0.5, 0.6) is 5.75 Å². The normalized spacial score (nSPS) is 17.0. The monoisotopic (exact) mass is 368 g/mol. The zero-order valence-corrected chi connectivity index (χ0v) is 15.2. The van der Waals surface area contributed by atoms with E-state index in [1.807, 2.05) is 29.6 Å². The molecule has 3 aromatic rings. The van der Waals surface area contributed by atoms with Crippen molar-refractivity contribution in [3.63, 3.8) is 0 Å². The van der Waals surface area contributed by atoms with Crippen molar-refractivity contribution < 1.29 is 15.2 Å². The number of quaternary nitrogens is 1. The van der Waals surface area contributed by atoms with Crippen LogP contribution in [-0.2, 0) is 6.42 Å². The molecule has 0 fully saturated rings. The molecule has 0 aliphatic heterocycles. The minimum absolute atomic E-state index is 0.294. The van der Waals surface area contributed by atoms with E-state index < -0.39 is 6.10 Å². The summed E-state index contributed by atoms with van der Waals surface area (Å²) < 4.78 is 9.59. The second-order valence-corrected chi connectivity index (χ2v) is 7.20. The van der Waals surface area contributed by atoms with E-state index in [9.17, 15) is 5.11 Å². The van der Waals surface area contributed by atoms with Crippen molar-refractivity contribution in [3.05, 3.63) is 65.0 Å². The lowest BCUT2D eigenvalue weighted by Gasteiger charge is -2.15. The lowest BCUT2D eigenvalue weighted by atomic mass is 10.1. The molecule has 0 spiro atoms. The van der Waals surface area contributed by atoms with Crippen LogP contribution in [0.3, 0.4) is 0 Å². The van der Waals surface area contributed by atoms with E-state index in [4.69, 9.17) is 4.74 Å². The summed E-state index contributed by atoms with van der Waals surface area (Å²) in [6.07, 6.45) is 1.77. The number of aromatic nitrogens is 2. The van der Waals surface area contributed by atoms with Gasteiger partial charge in [0, 0.05) is 22.9 Å². The van der Waals surface area contributed by atoms with Gasteiger partial charge in [-0.15, -0.1) is 5.10 Å². The molecule has 3 N–H and O–H groups in total. The van der Waals surface area contributed by atoms with Gasteiger partial charge in [-0.2, -0.15) is 0 Å². The number of benzene rings is 2. The highest BCUT2D eigenvalue weighted by Gasteiger charge is 2.25.